The van der Waals surface area contributed by atoms with Crippen LogP contribution in [0.1, 0.15) is 11.7 Å². The maximum atomic E-state index is 14.2. The predicted octanol–water partition coefficient (Wildman–Crippen LogP) is 1.34. The fourth-order valence-corrected chi connectivity index (χ4v) is 4.85. The number of aromatic nitrogens is 1. The van der Waals surface area contributed by atoms with Crippen LogP contribution in [0.3, 0.4) is 0 Å². The molecule has 0 saturated carbocycles. The number of rotatable bonds is 3. The molecule has 2 aliphatic rings. The highest BCUT2D eigenvalue weighted by atomic mass is 19.1. The number of carbonyl (C=O) groups is 1. The minimum absolute atomic E-state index is 0.0579. The van der Waals surface area contributed by atoms with Crippen molar-refractivity contribution >= 4 is 5.91 Å². The average molecular weight is 385 g/mol. The highest BCUT2D eigenvalue weighted by Crippen LogP contribution is 2.47. The second-order valence-corrected chi connectivity index (χ2v) is 7.85. The molecule has 0 spiro atoms. The summed E-state index contributed by atoms with van der Waals surface area (Å²) in [4.78, 5) is 29.7. The Morgan fingerprint density at radius 2 is 1.93 bits per heavy atom. The van der Waals surface area contributed by atoms with Crippen LogP contribution in [0.5, 0.6) is 0 Å². The quantitative estimate of drug-likeness (QED) is 0.866. The van der Waals surface area contributed by atoms with Gasteiger partial charge in [-0.2, -0.15) is 0 Å². The van der Waals surface area contributed by atoms with Crippen molar-refractivity contribution in [3.63, 3.8) is 0 Å². The van der Waals surface area contributed by atoms with Gasteiger partial charge in [0.15, 0.2) is 0 Å². The number of carbonyl (C=O) groups excluding carboxylic acids is 1. The van der Waals surface area contributed by atoms with E-state index in [0.29, 0.717) is 12.1 Å². The van der Waals surface area contributed by atoms with Crippen LogP contribution in [0.4, 0.5) is 4.39 Å². The van der Waals surface area contributed by atoms with Crippen molar-refractivity contribution in [1.29, 1.82) is 0 Å². The predicted molar refractivity (Wildman–Crippen MR) is 103 cm³/mol. The minimum atomic E-state index is -0.440. The highest BCUT2D eigenvalue weighted by Gasteiger charge is 2.54. The zero-order chi connectivity index (χ0) is 20.2. The van der Waals surface area contributed by atoms with Gasteiger partial charge >= 0.3 is 0 Å². The van der Waals surface area contributed by atoms with E-state index >= 15 is 0 Å². The standard InChI is InChI=1S/C21H24FN3O3/c1-23(2)21(28)18-14(11-26)17-10-25-16(19(18)24(17)3)9-8-13(20(25)27)12-6-4-5-7-15(12)22/h4-9,14,17-19,26H,10-11H2,1-3H3/t14-,17-,18+,19+/m0/s1. The fraction of sp³-hybridized carbons (Fsp3) is 0.429. The van der Waals surface area contributed by atoms with Gasteiger partial charge in [0, 0.05) is 50.5 Å². The Balaban J connectivity index is 1.87. The zero-order valence-electron chi connectivity index (χ0n) is 16.2. The van der Waals surface area contributed by atoms with E-state index < -0.39 is 11.7 Å². The number of amides is 1. The molecule has 0 radical (unpaired) electrons. The van der Waals surface area contributed by atoms with Gasteiger partial charge in [-0.05, 0) is 25.2 Å². The number of pyridine rings is 1. The van der Waals surface area contributed by atoms with Crippen LogP contribution in [-0.2, 0) is 11.3 Å². The van der Waals surface area contributed by atoms with Gasteiger partial charge < -0.3 is 14.6 Å². The lowest BCUT2D eigenvalue weighted by Crippen LogP contribution is -2.44. The van der Waals surface area contributed by atoms with E-state index in [-0.39, 0.29) is 41.6 Å². The zero-order valence-corrected chi connectivity index (χ0v) is 16.2. The van der Waals surface area contributed by atoms with Crippen molar-refractivity contribution < 1.29 is 14.3 Å². The van der Waals surface area contributed by atoms with Crippen LogP contribution < -0.4 is 5.56 Å². The summed E-state index contributed by atoms with van der Waals surface area (Å²) in [6.45, 7) is 0.241. The SMILES string of the molecule is CN(C)C(=O)[C@@H]1[C@@H](CO)[C@@H]2Cn3c(ccc(-c4ccccc4F)c3=O)[C@H]1N2C. The minimum Gasteiger partial charge on any atom is -0.396 e. The largest absolute Gasteiger partial charge is 0.396 e. The van der Waals surface area contributed by atoms with E-state index in [1.807, 2.05) is 13.1 Å². The first kappa shape index (κ1) is 18.8. The molecule has 2 bridgehead atoms. The van der Waals surface area contributed by atoms with Crippen molar-refractivity contribution in [3.8, 4) is 11.1 Å². The van der Waals surface area contributed by atoms with Gasteiger partial charge in [0.25, 0.3) is 5.56 Å². The average Bonchev–Trinajstić information content (AvgIpc) is 2.85. The van der Waals surface area contributed by atoms with E-state index in [1.54, 1.807) is 42.9 Å². The number of benzene rings is 1. The Morgan fingerprint density at radius 3 is 2.57 bits per heavy atom. The Labute approximate surface area is 162 Å². The topological polar surface area (TPSA) is 65.8 Å². The third-order valence-corrected chi connectivity index (χ3v) is 6.24. The lowest BCUT2D eigenvalue weighted by atomic mass is 9.86. The first-order chi connectivity index (χ1) is 13.4. The van der Waals surface area contributed by atoms with Gasteiger partial charge in [0.05, 0.1) is 17.5 Å². The highest BCUT2D eigenvalue weighted by molar-refractivity contribution is 5.80. The number of hydrogen-bond donors (Lipinski definition) is 1. The summed E-state index contributed by atoms with van der Waals surface area (Å²) in [5.41, 5.74) is 1.05. The molecular formula is C21H24FN3O3. The van der Waals surface area contributed by atoms with Gasteiger partial charge in [-0.1, -0.05) is 18.2 Å². The molecule has 7 heteroatoms. The van der Waals surface area contributed by atoms with Crippen molar-refractivity contribution in [2.45, 2.75) is 18.6 Å². The van der Waals surface area contributed by atoms with Crippen molar-refractivity contribution in [3.05, 3.63) is 58.3 Å². The molecule has 1 aromatic carbocycles. The van der Waals surface area contributed by atoms with Crippen LogP contribution in [0, 0.1) is 17.7 Å². The molecule has 0 aliphatic carbocycles. The Morgan fingerprint density at radius 1 is 1.21 bits per heavy atom. The molecule has 4 rings (SSSR count). The normalized spacial score (nSPS) is 26.2. The summed E-state index contributed by atoms with van der Waals surface area (Å²) < 4.78 is 15.9. The molecule has 1 saturated heterocycles. The van der Waals surface area contributed by atoms with E-state index in [2.05, 4.69) is 4.90 Å². The molecule has 0 unspecified atom stereocenters. The number of likely N-dealkylation sites (N-methyl/N-ethyl adjacent to an activating group) is 1. The molecule has 148 valence electrons. The Hall–Kier alpha value is -2.51. The van der Waals surface area contributed by atoms with E-state index in [4.69, 9.17) is 0 Å². The van der Waals surface area contributed by atoms with E-state index in [9.17, 15) is 19.1 Å². The van der Waals surface area contributed by atoms with Crippen LogP contribution in [0.15, 0.2) is 41.2 Å². The molecule has 6 nitrogen and oxygen atoms in total. The summed E-state index contributed by atoms with van der Waals surface area (Å²) in [6.07, 6.45) is 0. The molecule has 2 aliphatic heterocycles. The second kappa shape index (κ2) is 6.83. The van der Waals surface area contributed by atoms with Crippen molar-refractivity contribution in [2.24, 2.45) is 11.8 Å². The Bertz CT molecular complexity index is 987. The molecule has 1 aromatic heterocycles. The van der Waals surface area contributed by atoms with Crippen molar-refractivity contribution in [1.82, 2.24) is 14.4 Å². The molecule has 1 N–H and O–H groups in total. The van der Waals surface area contributed by atoms with Crippen molar-refractivity contribution in [2.75, 3.05) is 27.7 Å². The molecule has 28 heavy (non-hydrogen) atoms. The van der Waals surface area contributed by atoms with Crippen LogP contribution in [0.25, 0.3) is 11.1 Å². The lowest BCUT2D eigenvalue weighted by molar-refractivity contribution is -0.135. The van der Waals surface area contributed by atoms with E-state index in [1.165, 1.54) is 11.0 Å². The molecule has 3 heterocycles. The smallest absolute Gasteiger partial charge is 0.258 e. The lowest BCUT2D eigenvalue weighted by Gasteiger charge is -2.35. The molecule has 4 atom stereocenters. The van der Waals surface area contributed by atoms with Crippen LogP contribution in [0.2, 0.25) is 0 Å². The van der Waals surface area contributed by atoms with Gasteiger partial charge in [0.1, 0.15) is 5.82 Å². The van der Waals surface area contributed by atoms with Gasteiger partial charge in [-0.25, -0.2) is 4.39 Å². The number of hydrogen-bond acceptors (Lipinski definition) is 4. The number of nitrogens with zero attached hydrogens (tertiary/aromatic N) is 3. The fourth-order valence-electron chi connectivity index (χ4n) is 4.85. The first-order valence-electron chi connectivity index (χ1n) is 9.39. The Kier molecular flexibility index (Phi) is 4.59. The van der Waals surface area contributed by atoms with Gasteiger partial charge in [-0.3, -0.25) is 14.5 Å². The maximum Gasteiger partial charge on any atom is 0.258 e. The molecule has 1 fully saturated rings. The number of aliphatic hydroxyl groups is 1. The third-order valence-electron chi connectivity index (χ3n) is 6.24. The monoisotopic (exact) mass is 385 g/mol. The number of halogens is 1. The summed E-state index contributed by atoms with van der Waals surface area (Å²) in [5.74, 6) is -1.19. The summed E-state index contributed by atoms with van der Waals surface area (Å²) >= 11 is 0. The first-order valence-corrected chi connectivity index (χ1v) is 9.39. The summed E-state index contributed by atoms with van der Waals surface area (Å²) in [7, 11) is 5.33. The van der Waals surface area contributed by atoms with E-state index in [0.717, 1.165) is 5.69 Å². The second-order valence-electron chi connectivity index (χ2n) is 7.85. The van der Waals surface area contributed by atoms with Crippen LogP contribution >= 0.6 is 0 Å². The summed E-state index contributed by atoms with van der Waals surface area (Å²) in [6, 6.07) is 9.25. The molecule has 1 amide bonds. The number of fused-ring (bicyclic) bond motifs is 4. The summed E-state index contributed by atoms with van der Waals surface area (Å²) in [5, 5.41) is 10.0. The maximum absolute atomic E-state index is 14.2. The molecular weight excluding hydrogens is 361 g/mol. The third kappa shape index (κ3) is 2.61. The van der Waals surface area contributed by atoms with Gasteiger partial charge in [-0.15, -0.1) is 0 Å². The number of aliphatic hydroxyl groups excluding tert-OH is 1. The van der Waals surface area contributed by atoms with Gasteiger partial charge in [0.2, 0.25) is 5.91 Å². The molecule has 2 aromatic rings. The van der Waals surface area contributed by atoms with Crippen LogP contribution in [-0.4, -0.2) is 59.2 Å².